The summed E-state index contributed by atoms with van der Waals surface area (Å²) >= 11 is 0. The molecule has 0 fully saturated rings. The van der Waals surface area contributed by atoms with Crippen LogP contribution >= 0.6 is 0 Å². The minimum Gasteiger partial charge on any atom is -0.490 e. The Labute approximate surface area is 186 Å². The van der Waals surface area contributed by atoms with E-state index in [-0.39, 0.29) is 18.0 Å². The van der Waals surface area contributed by atoms with Crippen LogP contribution in [0.25, 0.3) is 22.8 Å². The maximum Gasteiger partial charge on any atom is 0.258 e. The fourth-order valence-corrected chi connectivity index (χ4v) is 4.53. The van der Waals surface area contributed by atoms with Crippen molar-refractivity contribution in [3.05, 3.63) is 65.1 Å². The van der Waals surface area contributed by atoms with Crippen molar-refractivity contribution in [1.29, 1.82) is 5.26 Å². The number of nitrogens with zero attached hydrogens (tertiary/aromatic N) is 3. The van der Waals surface area contributed by atoms with Crippen LogP contribution in [0.2, 0.25) is 0 Å². The van der Waals surface area contributed by atoms with E-state index in [4.69, 9.17) is 9.26 Å². The molecule has 2 aromatic carbocycles. The first-order valence-electron chi connectivity index (χ1n) is 10.1. The second-order valence-corrected chi connectivity index (χ2v) is 9.37. The third-order valence-corrected chi connectivity index (χ3v) is 6.23. The number of rotatable bonds is 7. The summed E-state index contributed by atoms with van der Waals surface area (Å²) in [4.78, 5) is 4.53. The van der Waals surface area contributed by atoms with Gasteiger partial charge >= 0.3 is 0 Å². The lowest BCUT2D eigenvalue weighted by atomic mass is 10.0. The molecule has 0 unspecified atom stereocenters. The Kier molecular flexibility index (Phi) is 5.82. The average Bonchev–Trinajstić information content (AvgIpc) is 3.41. The third kappa shape index (κ3) is 4.28. The molecule has 164 valence electrons. The van der Waals surface area contributed by atoms with Gasteiger partial charge in [0.25, 0.3) is 5.89 Å². The number of benzene rings is 2. The fourth-order valence-electron chi connectivity index (χ4n) is 3.79. The zero-order chi connectivity index (χ0) is 22.9. The number of hydrogen-bond donors (Lipinski definition) is 1. The molecule has 0 radical (unpaired) electrons. The molecule has 0 amide bonds. The molecular weight excluding hydrogens is 428 g/mol. The highest BCUT2D eigenvalue weighted by atomic mass is 32.2. The van der Waals surface area contributed by atoms with Crippen LogP contribution in [0.15, 0.2) is 52.9 Å². The number of aromatic nitrogens is 2. The Bertz CT molecular complexity index is 1320. The van der Waals surface area contributed by atoms with Gasteiger partial charge in [-0.1, -0.05) is 29.9 Å². The van der Waals surface area contributed by atoms with Gasteiger partial charge in [-0.05, 0) is 56.0 Å². The summed E-state index contributed by atoms with van der Waals surface area (Å²) in [6, 6.07) is 12.6. The monoisotopic (exact) mass is 450 g/mol. The fraction of sp³-hybridized carbons (Fsp3) is 0.261. The number of fused-ring (bicyclic) bond motifs is 1. The van der Waals surface area contributed by atoms with Crippen LogP contribution in [0.5, 0.6) is 5.75 Å². The molecule has 1 aromatic heterocycles. The van der Waals surface area contributed by atoms with Gasteiger partial charge in [-0.3, -0.25) is 0 Å². The van der Waals surface area contributed by atoms with E-state index in [1.165, 1.54) is 0 Å². The Morgan fingerprint density at radius 1 is 1.34 bits per heavy atom. The van der Waals surface area contributed by atoms with Gasteiger partial charge in [0, 0.05) is 22.6 Å². The van der Waals surface area contributed by atoms with Crippen LogP contribution in [0.3, 0.4) is 0 Å². The summed E-state index contributed by atoms with van der Waals surface area (Å²) in [5.41, 5.74) is 3.66. The van der Waals surface area contributed by atoms with Crippen molar-refractivity contribution in [2.45, 2.75) is 38.8 Å². The maximum atomic E-state index is 11.9. The molecule has 0 bridgehead atoms. The SMILES string of the molecule is C=CS(=O)(=O)N[C@@H]1CCc2c(-c3noc(-c4ccc(OC(C)C)c(C#N)c4)n3)cccc21. The Morgan fingerprint density at radius 2 is 2.16 bits per heavy atom. The van der Waals surface area contributed by atoms with Gasteiger partial charge in [-0.15, -0.1) is 0 Å². The van der Waals surface area contributed by atoms with E-state index in [1.54, 1.807) is 18.2 Å². The first kappa shape index (κ1) is 21.7. The summed E-state index contributed by atoms with van der Waals surface area (Å²) < 4.78 is 37.6. The lowest BCUT2D eigenvalue weighted by molar-refractivity contribution is 0.241. The molecule has 3 aromatic rings. The van der Waals surface area contributed by atoms with E-state index >= 15 is 0 Å². The van der Waals surface area contributed by atoms with E-state index in [0.29, 0.717) is 35.5 Å². The predicted molar refractivity (Wildman–Crippen MR) is 119 cm³/mol. The van der Waals surface area contributed by atoms with E-state index in [0.717, 1.165) is 22.1 Å². The van der Waals surface area contributed by atoms with Crippen molar-refractivity contribution in [1.82, 2.24) is 14.9 Å². The van der Waals surface area contributed by atoms with Crippen molar-refractivity contribution < 1.29 is 17.7 Å². The highest BCUT2D eigenvalue weighted by molar-refractivity contribution is 7.92. The summed E-state index contributed by atoms with van der Waals surface area (Å²) in [5, 5.41) is 14.5. The van der Waals surface area contributed by atoms with Crippen molar-refractivity contribution in [3.8, 4) is 34.7 Å². The van der Waals surface area contributed by atoms with Gasteiger partial charge in [0.15, 0.2) is 0 Å². The summed E-state index contributed by atoms with van der Waals surface area (Å²) in [5.74, 6) is 1.19. The van der Waals surface area contributed by atoms with Gasteiger partial charge in [0.2, 0.25) is 15.8 Å². The maximum absolute atomic E-state index is 11.9. The van der Waals surface area contributed by atoms with Crippen LogP contribution < -0.4 is 9.46 Å². The third-order valence-electron chi connectivity index (χ3n) is 5.17. The summed E-state index contributed by atoms with van der Waals surface area (Å²) in [6.45, 7) is 7.13. The van der Waals surface area contributed by atoms with Crippen LogP contribution in [0, 0.1) is 11.3 Å². The second kappa shape index (κ2) is 8.57. The number of sulfonamides is 1. The van der Waals surface area contributed by atoms with Crippen molar-refractivity contribution >= 4 is 10.0 Å². The number of hydrogen-bond acceptors (Lipinski definition) is 7. The molecule has 1 aliphatic carbocycles. The molecule has 0 spiro atoms. The highest BCUT2D eigenvalue weighted by Gasteiger charge is 2.28. The minimum atomic E-state index is -3.55. The number of nitrogens with one attached hydrogen (secondary N) is 1. The first-order chi connectivity index (χ1) is 15.3. The van der Waals surface area contributed by atoms with Crippen LogP contribution in [0.1, 0.15) is 43.0 Å². The molecule has 1 aliphatic rings. The van der Waals surface area contributed by atoms with Crippen LogP contribution in [0.4, 0.5) is 0 Å². The molecule has 0 saturated carbocycles. The lowest BCUT2D eigenvalue weighted by Gasteiger charge is -2.13. The van der Waals surface area contributed by atoms with Gasteiger partial charge in [0.1, 0.15) is 11.8 Å². The van der Waals surface area contributed by atoms with Crippen molar-refractivity contribution in [2.75, 3.05) is 0 Å². The zero-order valence-electron chi connectivity index (χ0n) is 17.7. The van der Waals surface area contributed by atoms with Crippen LogP contribution in [-0.4, -0.2) is 24.7 Å². The van der Waals surface area contributed by atoms with E-state index < -0.39 is 10.0 Å². The van der Waals surface area contributed by atoms with Crippen LogP contribution in [-0.2, 0) is 16.4 Å². The van der Waals surface area contributed by atoms with E-state index in [1.807, 2.05) is 32.0 Å². The molecule has 9 heteroatoms. The first-order valence-corrected chi connectivity index (χ1v) is 11.7. The predicted octanol–water partition coefficient (Wildman–Crippen LogP) is 4.11. The lowest BCUT2D eigenvalue weighted by Crippen LogP contribution is -2.25. The van der Waals surface area contributed by atoms with Gasteiger partial charge in [0.05, 0.1) is 11.7 Å². The minimum absolute atomic E-state index is 0.0529. The molecule has 1 N–H and O–H groups in total. The van der Waals surface area contributed by atoms with E-state index in [9.17, 15) is 13.7 Å². The van der Waals surface area contributed by atoms with Gasteiger partial charge in [-0.25, -0.2) is 13.1 Å². The second-order valence-electron chi connectivity index (χ2n) is 7.71. The quantitative estimate of drug-likeness (QED) is 0.575. The largest absolute Gasteiger partial charge is 0.490 e. The molecule has 8 nitrogen and oxygen atoms in total. The van der Waals surface area contributed by atoms with Gasteiger partial charge in [-0.2, -0.15) is 10.2 Å². The average molecular weight is 451 g/mol. The summed E-state index contributed by atoms with van der Waals surface area (Å²) in [6.07, 6.45) is 1.26. The standard InChI is InChI=1S/C23H22N4O4S/c1-4-32(28,29)27-20-10-9-17-18(20)6-5-7-19(17)22-25-23(31-26-22)15-8-11-21(30-14(2)3)16(12-15)13-24/h4-8,11-12,14,20,27H,1,9-10H2,2-3H3/t20-/m1/s1. The molecule has 0 aliphatic heterocycles. The highest BCUT2D eigenvalue weighted by Crippen LogP contribution is 2.38. The van der Waals surface area contributed by atoms with E-state index in [2.05, 4.69) is 27.5 Å². The van der Waals surface area contributed by atoms with Crippen molar-refractivity contribution in [2.24, 2.45) is 0 Å². The number of nitriles is 1. The van der Waals surface area contributed by atoms with Crippen molar-refractivity contribution in [3.63, 3.8) is 0 Å². The molecule has 4 rings (SSSR count). The molecule has 1 atom stereocenters. The normalized spacial score (nSPS) is 15.4. The summed E-state index contributed by atoms with van der Waals surface area (Å²) in [7, 11) is -3.55. The smallest absolute Gasteiger partial charge is 0.258 e. The molecular formula is C23H22N4O4S. The van der Waals surface area contributed by atoms with Gasteiger partial charge < -0.3 is 9.26 Å². The topological polar surface area (TPSA) is 118 Å². The Hall–Kier alpha value is -3.48. The Balaban J connectivity index is 1.65. The number of ether oxygens (including phenoxy) is 1. The molecule has 1 heterocycles. The zero-order valence-corrected chi connectivity index (χ0v) is 18.5. The molecule has 32 heavy (non-hydrogen) atoms. The Morgan fingerprint density at radius 3 is 2.88 bits per heavy atom. The molecule has 0 saturated heterocycles.